The van der Waals surface area contributed by atoms with Gasteiger partial charge in [-0.1, -0.05) is 60.7 Å². The smallest absolute Gasteiger partial charge is 0.190 e. The first-order chi connectivity index (χ1) is 14.8. The van der Waals surface area contributed by atoms with Crippen molar-refractivity contribution in [2.45, 2.75) is 37.7 Å². The van der Waals surface area contributed by atoms with Crippen LogP contribution in [0.15, 0.2) is 65.7 Å². The highest BCUT2D eigenvalue weighted by atomic mass is 127. The second-order valence-corrected chi connectivity index (χ2v) is 7.71. The second kappa shape index (κ2) is 15.2. The van der Waals surface area contributed by atoms with E-state index in [4.69, 9.17) is 9.47 Å². The van der Waals surface area contributed by atoms with E-state index < -0.39 is 0 Å². The Morgan fingerprint density at radius 3 is 2.39 bits per heavy atom. The number of guanidine groups is 1. The van der Waals surface area contributed by atoms with Crippen molar-refractivity contribution in [2.24, 2.45) is 4.99 Å². The van der Waals surface area contributed by atoms with Crippen LogP contribution in [0.25, 0.3) is 0 Å². The number of hydrogen-bond donors (Lipinski definition) is 2. The zero-order valence-electron chi connectivity index (χ0n) is 18.5. The van der Waals surface area contributed by atoms with Crippen LogP contribution in [-0.2, 0) is 15.9 Å². The first-order valence-electron chi connectivity index (χ1n) is 11.1. The molecule has 1 unspecified atom stereocenters. The van der Waals surface area contributed by atoms with Crippen molar-refractivity contribution in [2.75, 3.05) is 40.0 Å². The van der Waals surface area contributed by atoms with Gasteiger partial charge in [0.15, 0.2) is 5.96 Å². The van der Waals surface area contributed by atoms with Gasteiger partial charge < -0.3 is 20.1 Å². The van der Waals surface area contributed by atoms with E-state index in [-0.39, 0.29) is 24.0 Å². The van der Waals surface area contributed by atoms with Crippen LogP contribution in [0.1, 0.15) is 36.3 Å². The fraction of sp³-hybridized carbons (Fsp3) is 0.480. The Morgan fingerprint density at radius 1 is 1.03 bits per heavy atom. The van der Waals surface area contributed by atoms with Gasteiger partial charge in [-0.25, -0.2) is 0 Å². The SMILES string of the molecule is CN=C(NCCCOC1CCOCC1)NCC(Cc1ccccc1)c1ccccc1.I. The Bertz CT molecular complexity index is 737. The molecule has 2 aromatic carbocycles. The van der Waals surface area contributed by atoms with Gasteiger partial charge in [0.1, 0.15) is 0 Å². The van der Waals surface area contributed by atoms with Gasteiger partial charge in [-0.3, -0.25) is 4.99 Å². The summed E-state index contributed by atoms with van der Waals surface area (Å²) in [6.45, 7) is 4.10. The number of nitrogens with zero attached hydrogens (tertiary/aromatic N) is 1. The zero-order chi connectivity index (χ0) is 20.9. The van der Waals surface area contributed by atoms with Crippen LogP contribution in [0.5, 0.6) is 0 Å². The van der Waals surface area contributed by atoms with E-state index in [1.807, 2.05) is 7.05 Å². The highest BCUT2D eigenvalue weighted by Crippen LogP contribution is 2.20. The Hall–Kier alpha value is -1.64. The molecule has 0 radical (unpaired) electrons. The molecule has 0 spiro atoms. The largest absolute Gasteiger partial charge is 0.381 e. The molecule has 2 N–H and O–H groups in total. The lowest BCUT2D eigenvalue weighted by Crippen LogP contribution is -2.40. The number of hydrogen-bond acceptors (Lipinski definition) is 3. The molecular formula is C25H36IN3O2. The molecule has 0 aliphatic carbocycles. The molecule has 1 aliphatic rings. The van der Waals surface area contributed by atoms with Crippen LogP contribution in [0.4, 0.5) is 0 Å². The van der Waals surface area contributed by atoms with E-state index >= 15 is 0 Å². The van der Waals surface area contributed by atoms with Crippen molar-refractivity contribution in [1.82, 2.24) is 10.6 Å². The van der Waals surface area contributed by atoms with Crippen molar-refractivity contribution < 1.29 is 9.47 Å². The summed E-state index contributed by atoms with van der Waals surface area (Å²) in [6, 6.07) is 21.4. The lowest BCUT2D eigenvalue weighted by molar-refractivity contribution is -0.0320. The topological polar surface area (TPSA) is 54.9 Å². The Labute approximate surface area is 204 Å². The molecule has 5 nitrogen and oxygen atoms in total. The monoisotopic (exact) mass is 537 g/mol. The average Bonchev–Trinajstić information content (AvgIpc) is 2.82. The first-order valence-corrected chi connectivity index (χ1v) is 11.1. The van der Waals surface area contributed by atoms with Gasteiger partial charge in [0.2, 0.25) is 0 Å². The molecule has 31 heavy (non-hydrogen) atoms. The third kappa shape index (κ3) is 9.58. The van der Waals surface area contributed by atoms with Crippen LogP contribution >= 0.6 is 24.0 Å². The van der Waals surface area contributed by atoms with Gasteiger partial charge in [-0.15, -0.1) is 24.0 Å². The molecule has 0 aromatic heterocycles. The van der Waals surface area contributed by atoms with E-state index in [1.54, 1.807) is 0 Å². The number of halogens is 1. The minimum atomic E-state index is 0. The number of ether oxygens (including phenoxy) is 2. The van der Waals surface area contributed by atoms with Gasteiger partial charge in [-0.2, -0.15) is 0 Å². The van der Waals surface area contributed by atoms with Crippen molar-refractivity contribution in [3.63, 3.8) is 0 Å². The minimum absolute atomic E-state index is 0. The van der Waals surface area contributed by atoms with Crippen LogP contribution in [0, 0.1) is 0 Å². The van der Waals surface area contributed by atoms with Gasteiger partial charge in [0, 0.05) is 45.9 Å². The lowest BCUT2D eigenvalue weighted by Gasteiger charge is -2.22. The number of aliphatic imine (C=N–C) groups is 1. The predicted octanol–water partition coefficient (Wildman–Crippen LogP) is 4.38. The zero-order valence-corrected chi connectivity index (χ0v) is 20.8. The maximum absolute atomic E-state index is 5.94. The van der Waals surface area contributed by atoms with Gasteiger partial charge in [0.25, 0.3) is 0 Å². The van der Waals surface area contributed by atoms with E-state index in [0.29, 0.717) is 12.0 Å². The van der Waals surface area contributed by atoms with E-state index in [2.05, 4.69) is 76.3 Å². The summed E-state index contributed by atoms with van der Waals surface area (Å²) in [5.74, 6) is 1.22. The maximum Gasteiger partial charge on any atom is 0.190 e. The summed E-state index contributed by atoms with van der Waals surface area (Å²) in [4.78, 5) is 4.39. The van der Waals surface area contributed by atoms with E-state index in [0.717, 1.165) is 64.6 Å². The third-order valence-electron chi connectivity index (χ3n) is 5.47. The van der Waals surface area contributed by atoms with Gasteiger partial charge in [0.05, 0.1) is 6.10 Å². The van der Waals surface area contributed by atoms with Crippen molar-refractivity contribution in [3.8, 4) is 0 Å². The summed E-state index contributed by atoms with van der Waals surface area (Å²) in [6.07, 6.45) is 4.34. The number of benzene rings is 2. The summed E-state index contributed by atoms with van der Waals surface area (Å²) >= 11 is 0. The molecule has 2 aromatic rings. The lowest BCUT2D eigenvalue weighted by atomic mass is 9.92. The fourth-order valence-corrected chi connectivity index (χ4v) is 3.74. The molecule has 6 heteroatoms. The molecule has 1 fully saturated rings. The first kappa shape index (κ1) is 25.6. The quantitative estimate of drug-likeness (QED) is 0.205. The molecule has 0 bridgehead atoms. The molecule has 1 atom stereocenters. The number of nitrogens with one attached hydrogen (secondary N) is 2. The van der Waals surface area contributed by atoms with E-state index in [9.17, 15) is 0 Å². The van der Waals surface area contributed by atoms with Crippen LogP contribution in [0.3, 0.4) is 0 Å². The molecule has 170 valence electrons. The van der Waals surface area contributed by atoms with E-state index in [1.165, 1.54) is 11.1 Å². The molecule has 1 aliphatic heterocycles. The Morgan fingerprint density at radius 2 is 1.71 bits per heavy atom. The molecule has 3 rings (SSSR count). The van der Waals surface area contributed by atoms with Gasteiger partial charge >= 0.3 is 0 Å². The maximum atomic E-state index is 5.94. The fourth-order valence-electron chi connectivity index (χ4n) is 3.74. The predicted molar refractivity (Wildman–Crippen MR) is 139 cm³/mol. The third-order valence-corrected chi connectivity index (χ3v) is 5.47. The molecule has 1 heterocycles. The summed E-state index contributed by atoms with van der Waals surface area (Å²) in [5.41, 5.74) is 2.69. The van der Waals surface area contributed by atoms with Gasteiger partial charge in [-0.05, 0) is 36.8 Å². The number of rotatable bonds is 10. The summed E-state index contributed by atoms with van der Waals surface area (Å²) < 4.78 is 11.3. The molecule has 1 saturated heterocycles. The molecular weight excluding hydrogens is 501 g/mol. The van der Waals surface area contributed by atoms with Crippen LogP contribution < -0.4 is 10.6 Å². The van der Waals surface area contributed by atoms with Crippen LogP contribution in [0.2, 0.25) is 0 Å². The van der Waals surface area contributed by atoms with Crippen molar-refractivity contribution in [1.29, 1.82) is 0 Å². The second-order valence-electron chi connectivity index (χ2n) is 7.71. The highest BCUT2D eigenvalue weighted by Gasteiger charge is 2.14. The summed E-state index contributed by atoms with van der Waals surface area (Å²) in [5, 5.41) is 6.92. The van der Waals surface area contributed by atoms with Crippen LogP contribution in [-0.4, -0.2) is 52.0 Å². The highest BCUT2D eigenvalue weighted by molar-refractivity contribution is 14.0. The average molecular weight is 537 g/mol. The normalized spacial score (nSPS) is 15.7. The summed E-state index contributed by atoms with van der Waals surface area (Å²) in [7, 11) is 1.82. The minimum Gasteiger partial charge on any atom is -0.381 e. The standard InChI is InChI=1S/C25H35N3O2.HI/c1-26-25(27-15-8-16-30-24-13-17-29-18-14-24)28-20-23(22-11-6-3-7-12-22)19-21-9-4-2-5-10-21;/h2-7,9-12,23-24H,8,13-20H2,1H3,(H2,26,27,28);1H. The van der Waals surface area contributed by atoms with Crippen molar-refractivity contribution >= 4 is 29.9 Å². The Balaban J connectivity index is 0.00000341. The molecule has 0 saturated carbocycles. The molecule has 0 amide bonds. The Kier molecular flexibility index (Phi) is 12.6. The van der Waals surface area contributed by atoms with Crippen molar-refractivity contribution in [3.05, 3.63) is 71.8 Å².